The largest absolute Gasteiger partial charge is 0.214 e. The van der Waals surface area contributed by atoms with Gasteiger partial charge in [-0.05, 0) is 5.56 Å². The molecule has 0 atom stereocenters. The summed E-state index contributed by atoms with van der Waals surface area (Å²) in [6.45, 7) is 0. The Hall–Kier alpha value is -1.14. The molecule has 4 aromatic rings. The number of hydrogen-bond acceptors (Lipinski definition) is 0. The molecule has 0 aliphatic carbocycles. The molecule has 0 radical (unpaired) electrons. The number of halogens is 2. The van der Waals surface area contributed by atoms with Gasteiger partial charge in [-0.1, -0.05) is 42.0 Å². The van der Waals surface area contributed by atoms with Crippen LogP contribution in [0.1, 0.15) is 0 Å². The molecule has 0 N–H and O–H groups in total. The van der Waals surface area contributed by atoms with Gasteiger partial charge in [0.25, 0.3) is 0 Å². The van der Waals surface area contributed by atoms with Gasteiger partial charge in [0.15, 0.2) is 0 Å². The SMILES string of the molecule is [Cl][Zr+2][Cl].c1cc[cH-]c1.c1ccc(-c2cccc3[cH-]ccc23)cc1. The van der Waals surface area contributed by atoms with Crippen molar-refractivity contribution in [2.45, 2.75) is 0 Å². The fraction of sp³-hybridized carbons (Fsp3) is 0. The van der Waals surface area contributed by atoms with Gasteiger partial charge in [0.2, 0.25) is 0 Å². The van der Waals surface area contributed by atoms with Gasteiger partial charge in [0, 0.05) is 0 Å². The van der Waals surface area contributed by atoms with E-state index in [2.05, 4.69) is 66.7 Å². The smallest absolute Gasteiger partial charge is 0.0279 e. The minimum atomic E-state index is -0.826. The zero-order valence-corrected chi connectivity index (χ0v) is 16.5. The molecule has 0 saturated carbocycles. The molecule has 4 aromatic carbocycles. The third kappa shape index (κ3) is 5.77. The summed E-state index contributed by atoms with van der Waals surface area (Å²) in [6.07, 6.45) is 0. The molecule has 0 aromatic heterocycles. The first-order valence-electron chi connectivity index (χ1n) is 7.19. The van der Waals surface area contributed by atoms with Crippen molar-refractivity contribution in [3.8, 4) is 11.1 Å². The van der Waals surface area contributed by atoms with Crippen molar-refractivity contribution in [3.05, 3.63) is 97.1 Å². The second kappa shape index (κ2) is 10.6. The number of rotatable bonds is 1. The summed E-state index contributed by atoms with van der Waals surface area (Å²) in [6, 6.07) is 33.4. The predicted molar refractivity (Wildman–Crippen MR) is 98.7 cm³/mol. The monoisotopic (exact) mass is 416 g/mol. The van der Waals surface area contributed by atoms with Gasteiger partial charge in [-0.25, -0.2) is 12.1 Å². The van der Waals surface area contributed by atoms with E-state index in [9.17, 15) is 0 Å². The summed E-state index contributed by atoms with van der Waals surface area (Å²) >= 11 is -0.826. The number of fused-ring (bicyclic) bond motifs is 1. The van der Waals surface area contributed by atoms with E-state index in [1.165, 1.54) is 21.9 Å². The first kappa shape index (κ1) is 18.2. The van der Waals surface area contributed by atoms with E-state index in [1.54, 1.807) is 0 Å². The first-order chi connectivity index (χ1) is 11.4. The molecular formula is C20H16Cl2Zr. The van der Waals surface area contributed by atoms with Gasteiger partial charge >= 0.3 is 37.9 Å². The summed E-state index contributed by atoms with van der Waals surface area (Å²) in [7, 11) is 9.87. The van der Waals surface area contributed by atoms with E-state index in [4.69, 9.17) is 17.0 Å². The van der Waals surface area contributed by atoms with Crippen LogP contribution >= 0.6 is 17.0 Å². The third-order valence-electron chi connectivity index (χ3n) is 3.32. The van der Waals surface area contributed by atoms with E-state index < -0.39 is 20.8 Å². The number of benzene rings is 2. The van der Waals surface area contributed by atoms with Crippen LogP contribution in [0.15, 0.2) is 97.1 Å². The van der Waals surface area contributed by atoms with Crippen molar-refractivity contribution in [2.24, 2.45) is 0 Å². The Morgan fingerprint density at radius 1 is 0.696 bits per heavy atom. The minimum Gasteiger partial charge on any atom is -0.214 e. The summed E-state index contributed by atoms with van der Waals surface area (Å²) in [4.78, 5) is 0. The van der Waals surface area contributed by atoms with Crippen LogP contribution in [0.3, 0.4) is 0 Å². The Morgan fingerprint density at radius 2 is 1.39 bits per heavy atom. The van der Waals surface area contributed by atoms with Crippen molar-refractivity contribution >= 4 is 27.8 Å². The predicted octanol–water partition coefficient (Wildman–Crippen LogP) is 7.01. The van der Waals surface area contributed by atoms with E-state index in [0.29, 0.717) is 0 Å². The molecule has 3 heteroatoms. The zero-order valence-electron chi connectivity index (χ0n) is 12.5. The third-order valence-corrected chi connectivity index (χ3v) is 3.32. The normalized spacial score (nSPS) is 9.13. The van der Waals surface area contributed by atoms with Gasteiger partial charge in [0.1, 0.15) is 0 Å². The summed E-state index contributed by atoms with van der Waals surface area (Å²) in [5.41, 5.74) is 2.60. The number of hydrogen-bond donors (Lipinski definition) is 0. The van der Waals surface area contributed by atoms with E-state index >= 15 is 0 Å². The zero-order chi connectivity index (χ0) is 16.3. The maximum absolute atomic E-state index is 4.93. The summed E-state index contributed by atoms with van der Waals surface area (Å²) < 4.78 is 0. The minimum absolute atomic E-state index is 0.826. The van der Waals surface area contributed by atoms with E-state index in [0.717, 1.165) is 0 Å². The van der Waals surface area contributed by atoms with Crippen LogP contribution in [-0.2, 0) is 20.8 Å². The van der Waals surface area contributed by atoms with Crippen molar-refractivity contribution in [2.75, 3.05) is 0 Å². The molecule has 0 aliphatic rings. The summed E-state index contributed by atoms with van der Waals surface area (Å²) in [5.74, 6) is 0. The van der Waals surface area contributed by atoms with Crippen LogP contribution in [0.4, 0.5) is 0 Å². The van der Waals surface area contributed by atoms with Crippen LogP contribution in [-0.4, -0.2) is 0 Å². The fourth-order valence-corrected chi connectivity index (χ4v) is 2.35. The van der Waals surface area contributed by atoms with Gasteiger partial charge in [-0.3, -0.25) is 0 Å². The Labute approximate surface area is 156 Å². The molecule has 0 saturated heterocycles. The Kier molecular flexibility index (Phi) is 8.39. The molecular weight excluding hydrogens is 402 g/mol. The molecule has 0 aliphatic heterocycles. The van der Waals surface area contributed by atoms with Gasteiger partial charge < -0.3 is 0 Å². The van der Waals surface area contributed by atoms with Crippen LogP contribution in [0.25, 0.3) is 21.9 Å². The molecule has 0 spiro atoms. The average molecular weight is 418 g/mol. The van der Waals surface area contributed by atoms with Crippen LogP contribution in [0, 0.1) is 0 Å². The van der Waals surface area contributed by atoms with Gasteiger partial charge in [-0.2, -0.15) is 30.3 Å². The molecule has 23 heavy (non-hydrogen) atoms. The fourth-order valence-electron chi connectivity index (χ4n) is 2.35. The van der Waals surface area contributed by atoms with Crippen LogP contribution in [0.2, 0.25) is 0 Å². The molecule has 0 bridgehead atoms. The molecule has 0 nitrogen and oxygen atoms in total. The molecule has 0 heterocycles. The maximum atomic E-state index is 4.93. The average Bonchev–Trinajstić information content (AvgIpc) is 3.30. The van der Waals surface area contributed by atoms with Crippen molar-refractivity contribution in [1.82, 2.24) is 0 Å². The molecule has 0 amide bonds. The maximum Gasteiger partial charge on any atom is -0.0279 e. The van der Waals surface area contributed by atoms with Crippen molar-refractivity contribution in [3.63, 3.8) is 0 Å². The van der Waals surface area contributed by atoms with Crippen LogP contribution in [0.5, 0.6) is 0 Å². The van der Waals surface area contributed by atoms with Crippen LogP contribution < -0.4 is 0 Å². The molecule has 0 unspecified atom stereocenters. The van der Waals surface area contributed by atoms with Gasteiger partial charge in [0.05, 0.1) is 0 Å². The Morgan fingerprint density at radius 3 is 2.00 bits per heavy atom. The quantitative estimate of drug-likeness (QED) is 0.292. The Bertz CT molecular complexity index is 756. The van der Waals surface area contributed by atoms with E-state index in [1.807, 2.05) is 30.3 Å². The summed E-state index contributed by atoms with van der Waals surface area (Å²) in [5, 5.41) is 2.65. The first-order valence-corrected chi connectivity index (χ1v) is 13.5. The topological polar surface area (TPSA) is 0 Å². The Balaban J connectivity index is 0.000000200. The van der Waals surface area contributed by atoms with Gasteiger partial charge in [-0.15, -0.1) is 29.0 Å². The van der Waals surface area contributed by atoms with Crippen molar-refractivity contribution in [1.29, 1.82) is 0 Å². The standard InChI is InChI=1S/C15H11.C5H5.2ClH.Zr/c1-2-6-12(7-3-1)14-10-4-8-13-9-5-11-15(13)14;1-2-4-5-3-1;;;/h1-11H;1-5H;2*1H;/q2*-1;;;+4/p-2. The molecule has 0 fully saturated rings. The second-order valence-electron chi connectivity index (χ2n) is 4.73. The molecule has 4 rings (SSSR count). The van der Waals surface area contributed by atoms with Crippen molar-refractivity contribution < 1.29 is 20.8 Å². The second-order valence-corrected chi connectivity index (χ2v) is 8.47. The van der Waals surface area contributed by atoms with E-state index in [-0.39, 0.29) is 0 Å². The molecule has 114 valence electrons.